The molecule has 2 aromatic carbocycles. The molecule has 1 unspecified atom stereocenters. The van der Waals surface area contributed by atoms with E-state index in [9.17, 15) is 0 Å². The molecule has 0 aliphatic carbocycles. The quantitative estimate of drug-likeness (QED) is 0.756. The largest absolute Gasteiger partial charge is 0.497 e. The second-order valence-electron chi connectivity index (χ2n) is 5.00. The molecule has 3 N–H and O–H groups in total. The van der Waals surface area contributed by atoms with E-state index < -0.39 is 6.04 Å². The Morgan fingerprint density at radius 1 is 1.04 bits per heavy atom. The van der Waals surface area contributed by atoms with Crippen LogP contribution in [0.1, 0.15) is 17.4 Å². The summed E-state index contributed by atoms with van der Waals surface area (Å²) < 4.78 is 10.6. The van der Waals surface area contributed by atoms with Crippen LogP contribution < -0.4 is 15.2 Å². The summed E-state index contributed by atoms with van der Waals surface area (Å²) in [6, 6.07) is 14.8. The van der Waals surface area contributed by atoms with Crippen LogP contribution in [0.25, 0.3) is 11.4 Å². The third-order valence-electron chi connectivity index (χ3n) is 3.60. The van der Waals surface area contributed by atoms with Gasteiger partial charge in [0.2, 0.25) is 0 Å². The van der Waals surface area contributed by atoms with Gasteiger partial charge in [-0.3, -0.25) is 5.10 Å². The number of aromatic nitrogens is 3. The normalized spacial score (nSPS) is 12.0. The fourth-order valence-electron chi connectivity index (χ4n) is 2.36. The van der Waals surface area contributed by atoms with Gasteiger partial charge in [0, 0.05) is 0 Å². The van der Waals surface area contributed by atoms with E-state index in [1.165, 1.54) is 0 Å². The minimum atomic E-state index is -0.416. The highest BCUT2D eigenvalue weighted by molar-refractivity contribution is 5.63. The minimum absolute atomic E-state index is 0.416. The number of aromatic amines is 1. The molecular weight excluding hydrogens is 292 g/mol. The first-order valence-electron chi connectivity index (χ1n) is 7.18. The summed E-state index contributed by atoms with van der Waals surface area (Å²) in [4.78, 5) is 4.51. The number of nitrogens with one attached hydrogen (secondary N) is 1. The Hall–Kier alpha value is -2.86. The van der Waals surface area contributed by atoms with E-state index in [0.717, 1.165) is 16.9 Å². The number of nitrogens with zero attached hydrogens (tertiary/aromatic N) is 2. The molecule has 6 heteroatoms. The first kappa shape index (κ1) is 15.1. The van der Waals surface area contributed by atoms with E-state index in [0.29, 0.717) is 17.4 Å². The molecule has 23 heavy (non-hydrogen) atoms. The highest BCUT2D eigenvalue weighted by atomic mass is 16.5. The Labute approximate surface area is 134 Å². The summed E-state index contributed by atoms with van der Waals surface area (Å²) in [5.41, 5.74) is 7.99. The molecule has 0 aliphatic heterocycles. The molecule has 0 fully saturated rings. The van der Waals surface area contributed by atoms with Gasteiger partial charge in [-0.2, -0.15) is 5.10 Å². The molecule has 118 valence electrons. The van der Waals surface area contributed by atoms with Crippen molar-refractivity contribution >= 4 is 0 Å². The van der Waals surface area contributed by atoms with E-state index in [1.54, 1.807) is 14.2 Å². The number of nitrogens with two attached hydrogens (primary N) is 1. The van der Waals surface area contributed by atoms with E-state index >= 15 is 0 Å². The Bertz CT molecular complexity index is 801. The number of rotatable bonds is 5. The van der Waals surface area contributed by atoms with E-state index in [2.05, 4.69) is 15.2 Å². The second kappa shape index (κ2) is 6.50. The number of benzene rings is 2. The van der Waals surface area contributed by atoms with Crippen molar-refractivity contribution in [1.29, 1.82) is 0 Å². The molecule has 0 aliphatic rings. The zero-order valence-corrected chi connectivity index (χ0v) is 13.0. The molecular formula is C17H18N4O2. The second-order valence-corrected chi connectivity index (χ2v) is 5.00. The highest BCUT2D eigenvalue weighted by Crippen LogP contribution is 2.28. The number of hydrogen-bond acceptors (Lipinski definition) is 5. The summed E-state index contributed by atoms with van der Waals surface area (Å²) in [7, 11) is 3.24. The Kier molecular flexibility index (Phi) is 4.25. The van der Waals surface area contributed by atoms with Crippen LogP contribution in [0.3, 0.4) is 0 Å². The Balaban J connectivity index is 1.92. The fraction of sp³-hybridized carbons (Fsp3) is 0.176. The number of hydrogen-bond donors (Lipinski definition) is 2. The summed E-state index contributed by atoms with van der Waals surface area (Å²) >= 11 is 0. The first-order valence-corrected chi connectivity index (χ1v) is 7.18. The smallest absolute Gasteiger partial charge is 0.184 e. The summed E-state index contributed by atoms with van der Waals surface area (Å²) in [5, 5.41) is 7.17. The number of methoxy groups -OCH3 is 2. The standard InChI is InChI=1S/C17H18N4O2/c1-22-12-7-5-6-11(10-12)15(18)17-19-16(20-21-17)13-8-3-4-9-14(13)23-2/h3-10,15H,18H2,1-2H3,(H,19,20,21). The molecule has 0 radical (unpaired) electrons. The third-order valence-corrected chi connectivity index (χ3v) is 3.60. The van der Waals surface area contributed by atoms with Crippen LogP contribution in [0, 0.1) is 0 Å². The number of para-hydroxylation sites is 1. The van der Waals surface area contributed by atoms with Gasteiger partial charge in [-0.05, 0) is 29.8 Å². The van der Waals surface area contributed by atoms with Crippen LogP contribution in [0.15, 0.2) is 48.5 Å². The van der Waals surface area contributed by atoms with Crippen molar-refractivity contribution in [2.75, 3.05) is 14.2 Å². The van der Waals surface area contributed by atoms with Gasteiger partial charge in [0.25, 0.3) is 0 Å². The lowest BCUT2D eigenvalue weighted by Gasteiger charge is -2.10. The zero-order valence-electron chi connectivity index (χ0n) is 13.0. The molecule has 1 aromatic heterocycles. The molecule has 1 atom stereocenters. The van der Waals surface area contributed by atoms with E-state index in [4.69, 9.17) is 15.2 Å². The van der Waals surface area contributed by atoms with Crippen molar-refractivity contribution < 1.29 is 9.47 Å². The summed E-state index contributed by atoms with van der Waals surface area (Å²) in [6.07, 6.45) is 0. The predicted octanol–water partition coefficient (Wildman–Crippen LogP) is 2.54. The minimum Gasteiger partial charge on any atom is -0.497 e. The zero-order chi connectivity index (χ0) is 16.2. The summed E-state index contributed by atoms with van der Waals surface area (Å²) in [6.45, 7) is 0. The molecule has 0 saturated heterocycles. The molecule has 3 aromatic rings. The lowest BCUT2D eigenvalue weighted by Crippen LogP contribution is -2.13. The van der Waals surface area contributed by atoms with Gasteiger partial charge < -0.3 is 15.2 Å². The van der Waals surface area contributed by atoms with Crippen LogP contribution in [0.2, 0.25) is 0 Å². The lowest BCUT2D eigenvalue weighted by atomic mass is 10.1. The number of ether oxygens (including phenoxy) is 2. The van der Waals surface area contributed by atoms with Crippen molar-refractivity contribution in [2.45, 2.75) is 6.04 Å². The maximum absolute atomic E-state index is 6.28. The van der Waals surface area contributed by atoms with Crippen molar-refractivity contribution in [3.8, 4) is 22.9 Å². The highest BCUT2D eigenvalue weighted by Gasteiger charge is 2.17. The van der Waals surface area contributed by atoms with Gasteiger partial charge in [-0.1, -0.05) is 24.3 Å². The van der Waals surface area contributed by atoms with Gasteiger partial charge in [-0.15, -0.1) is 0 Å². The predicted molar refractivity (Wildman–Crippen MR) is 87.4 cm³/mol. The molecule has 0 spiro atoms. The van der Waals surface area contributed by atoms with E-state index in [-0.39, 0.29) is 0 Å². The van der Waals surface area contributed by atoms with Crippen LogP contribution in [-0.4, -0.2) is 29.4 Å². The van der Waals surface area contributed by atoms with Crippen LogP contribution in [-0.2, 0) is 0 Å². The van der Waals surface area contributed by atoms with Crippen molar-refractivity contribution in [3.05, 3.63) is 59.9 Å². The molecule has 1 heterocycles. The average Bonchev–Trinajstić information content (AvgIpc) is 3.11. The molecule has 6 nitrogen and oxygen atoms in total. The summed E-state index contributed by atoms with van der Waals surface area (Å²) in [5.74, 6) is 2.60. The van der Waals surface area contributed by atoms with Crippen LogP contribution in [0.5, 0.6) is 11.5 Å². The third kappa shape index (κ3) is 3.02. The van der Waals surface area contributed by atoms with E-state index in [1.807, 2.05) is 48.5 Å². The molecule has 0 saturated carbocycles. The lowest BCUT2D eigenvalue weighted by molar-refractivity contribution is 0.414. The Morgan fingerprint density at radius 3 is 2.65 bits per heavy atom. The first-order chi connectivity index (χ1) is 11.2. The monoisotopic (exact) mass is 310 g/mol. The SMILES string of the molecule is COc1cccc(C(N)c2nc(-c3ccccc3OC)n[nH]2)c1. The topological polar surface area (TPSA) is 86.1 Å². The Morgan fingerprint density at radius 2 is 1.87 bits per heavy atom. The van der Waals surface area contributed by atoms with Crippen molar-refractivity contribution in [3.63, 3.8) is 0 Å². The average molecular weight is 310 g/mol. The van der Waals surface area contributed by atoms with Crippen molar-refractivity contribution in [1.82, 2.24) is 15.2 Å². The van der Waals surface area contributed by atoms with Gasteiger partial charge in [0.1, 0.15) is 17.3 Å². The van der Waals surface area contributed by atoms with Crippen LogP contribution >= 0.6 is 0 Å². The van der Waals surface area contributed by atoms with Gasteiger partial charge >= 0.3 is 0 Å². The van der Waals surface area contributed by atoms with Gasteiger partial charge in [0.05, 0.1) is 25.8 Å². The molecule has 3 rings (SSSR count). The van der Waals surface area contributed by atoms with Crippen LogP contribution in [0.4, 0.5) is 0 Å². The van der Waals surface area contributed by atoms with Gasteiger partial charge in [0.15, 0.2) is 5.82 Å². The maximum Gasteiger partial charge on any atom is 0.184 e. The maximum atomic E-state index is 6.28. The van der Waals surface area contributed by atoms with Gasteiger partial charge in [-0.25, -0.2) is 4.98 Å². The van der Waals surface area contributed by atoms with Crippen molar-refractivity contribution in [2.24, 2.45) is 5.73 Å². The number of H-pyrrole nitrogens is 1. The fourth-order valence-corrected chi connectivity index (χ4v) is 2.36. The molecule has 0 amide bonds. The molecule has 0 bridgehead atoms.